The Bertz CT molecular complexity index is 1070. The number of nitrogens with one attached hydrogen (secondary N) is 1. The lowest BCUT2D eigenvalue weighted by atomic mass is 10.0. The minimum atomic E-state index is -0.323. The van der Waals surface area contributed by atoms with Crippen LogP contribution in [-0.2, 0) is 6.54 Å². The fraction of sp³-hybridized carbons (Fsp3) is 0.296. The first kappa shape index (κ1) is 21.8. The maximum absolute atomic E-state index is 13.5. The molecule has 0 aliphatic carbocycles. The van der Waals surface area contributed by atoms with Gasteiger partial charge in [0, 0.05) is 12.2 Å². The van der Waals surface area contributed by atoms with Crippen LogP contribution in [0.25, 0.3) is 0 Å². The number of fused-ring (bicyclic) bond motifs is 1. The van der Waals surface area contributed by atoms with Crippen LogP contribution in [0.15, 0.2) is 72.8 Å². The lowest BCUT2D eigenvalue weighted by Crippen LogP contribution is -2.42. The Morgan fingerprint density at radius 2 is 1.72 bits per heavy atom. The average molecular weight is 431 g/mol. The number of carbonyl (C=O) groups is 1. The van der Waals surface area contributed by atoms with Crippen molar-refractivity contribution in [3.63, 3.8) is 0 Å². The molecule has 0 spiro atoms. The zero-order valence-corrected chi connectivity index (χ0v) is 18.9. The molecule has 1 aliphatic rings. The van der Waals surface area contributed by atoms with Gasteiger partial charge in [0.25, 0.3) is 5.91 Å². The maximum Gasteiger partial charge on any atom is 0.258 e. The topological polar surface area (TPSA) is 50.8 Å². The first-order chi connectivity index (χ1) is 15.6. The van der Waals surface area contributed by atoms with Crippen LogP contribution in [0.3, 0.4) is 0 Å². The van der Waals surface area contributed by atoms with Crippen molar-refractivity contribution >= 4 is 11.6 Å². The predicted molar refractivity (Wildman–Crippen MR) is 127 cm³/mol. The van der Waals surface area contributed by atoms with Gasteiger partial charge in [-0.2, -0.15) is 0 Å². The van der Waals surface area contributed by atoms with Crippen LogP contribution in [0.1, 0.15) is 47.9 Å². The van der Waals surface area contributed by atoms with Crippen LogP contribution >= 0.6 is 0 Å². The largest absolute Gasteiger partial charge is 0.493 e. The highest BCUT2D eigenvalue weighted by Gasteiger charge is 2.33. The number of anilines is 1. The van der Waals surface area contributed by atoms with Gasteiger partial charge in [0.15, 0.2) is 11.5 Å². The molecule has 0 bridgehead atoms. The second kappa shape index (κ2) is 9.77. The van der Waals surface area contributed by atoms with Crippen molar-refractivity contribution in [3.8, 4) is 11.5 Å². The third-order valence-electron chi connectivity index (χ3n) is 5.67. The monoisotopic (exact) mass is 430 g/mol. The third-order valence-corrected chi connectivity index (χ3v) is 5.67. The van der Waals surface area contributed by atoms with E-state index in [2.05, 4.69) is 19.2 Å². The first-order valence-electron chi connectivity index (χ1n) is 11.1. The van der Waals surface area contributed by atoms with E-state index in [9.17, 15) is 4.79 Å². The van der Waals surface area contributed by atoms with Crippen LogP contribution in [0.2, 0.25) is 0 Å². The predicted octanol–water partition coefficient (Wildman–Crippen LogP) is 5.89. The molecular weight excluding hydrogens is 400 g/mol. The summed E-state index contributed by atoms with van der Waals surface area (Å²) in [6.07, 6.45) is 0.654. The zero-order valence-electron chi connectivity index (χ0n) is 18.9. The van der Waals surface area contributed by atoms with E-state index in [1.165, 1.54) is 0 Å². The minimum Gasteiger partial charge on any atom is -0.493 e. The fourth-order valence-corrected chi connectivity index (χ4v) is 3.88. The lowest BCUT2D eigenvalue weighted by Gasteiger charge is -2.38. The van der Waals surface area contributed by atoms with Crippen LogP contribution in [0, 0.1) is 5.92 Å². The molecule has 1 unspecified atom stereocenters. The molecule has 5 heteroatoms. The molecule has 4 rings (SSSR count). The molecule has 1 N–H and O–H groups in total. The number of benzene rings is 3. The van der Waals surface area contributed by atoms with Crippen molar-refractivity contribution < 1.29 is 14.3 Å². The molecule has 3 aromatic carbocycles. The third kappa shape index (κ3) is 4.72. The molecule has 5 nitrogen and oxygen atoms in total. The second-order valence-electron chi connectivity index (χ2n) is 8.45. The normalized spacial score (nSPS) is 15.3. The Kier molecular flexibility index (Phi) is 6.64. The fourth-order valence-electron chi connectivity index (χ4n) is 3.88. The van der Waals surface area contributed by atoms with Crippen molar-refractivity contribution in [1.82, 2.24) is 4.90 Å². The second-order valence-corrected chi connectivity index (χ2v) is 8.45. The van der Waals surface area contributed by atoms with Crippen molar-refractivity contribution in [2.75, 3.05) is 19.0 Å². The highest BCUT2D eigenvalue weighted by atomic mass is 16.5. The van der Waals surface area contributed by atoms with E-state index in [1.807, 2.05) is 77.7 Å². The van der Waals surface area contributed by atoms with E-state index in [0.29, 0.717) is 36.1 Å². The number of hydrogen-bond acceptors (Lipinski definition) is 4. The quantitative estimate of drug-likeness (QED) is 0.484. The molecule has 0 saturated carbocycles. The summed E-state index contributed by atoms with van der Waals surface area (Å²) in [5.74, 6) is 1.96. The highest BCUT2D eigenvalue weighted by molar-refractivity contribution is 6.01. The molecule has 0 fully saturated rings. The van der Waals surface area contributed by atoms with E-state index >= 15 is 0 Å². The molecule has 0 radical (unpaired) electrons. The average Bonchev–Trinajstić information content (AvgIpc) is 2.81. The number of carbonyl (C=O) groups excluding carboxylic acids is 1. The van der Waals surface area contributed by atoms with Crippen molar-refractivity contribution in [2.24, 2.45) is 5.92 Å². The summed E-state index contributed by atoms with van der Waals surface area (Å²) in [5.41, 5.74) is 3.54. The molecule has 0 saturated heterocycles. The van der Waals surface area contributed by atoms with Gasteiger partial charge in [0.05, 0.1) is 19.3 Å². The standard InChI is InChI=1S/C27H30N2O3/c1-19(2)15-16-32-24-14-13-21(17-25(24)31-3)26-28-23-12-8-7-11-22(23)27(30)29(26)18-20-9-5-4-6-10-20/h4-14,17,19,26,28H,15-16,18H2,1-3H3. The molecule has 0 aromatic heterocycles. The number of hydrogen-bond donors (Lipinski definition) is 1. The first-order valence-corrected chi connectivity index (χ1v) is 11.1. The molecule has 1 amide bonds. The van der Waals surface area contributed by atoms with Gasteiger partial charge in [-0.1, -0.05) is 62.4 Å². The van der Waals surface area contributed by atoms with E-state index < -0.39 is 0 Å². The number of methoxy groups -OCH3 is 1. The molecule has 32 heavy (non-hydrogen) atoms. The number of ether oxygens (including phenoxy) is 2. The van der Waals surface area contributed by atoms with Crippen LogP contribution < -0.4 is 14.8 Å². The van der Waals surface area contributed by atoms with Crippen molar-refractivity contribution in [1.29, 1.82) is 0 Å². The van der Waals surface area contributed by atoms with Gasteiger partial charge < -0.3 is 19.7 Å². The van der Waals surface area contributed by atoms with E-state index in [4.69, 9.17) is 9.47 Å². The van der Waals surface area contributed by atoms with Gasteiger partial charge in [-0.3, -0.25) is 4.79 Å². The van der Waals surface area contributed by atoms with Crippen molar-refractivity contribution in [3.05, 3.63) is 89.5 Å². The molecule has 1 atom stereocenters. The Hall–Kier alpha value is -3.47. The van der Waals surface area contributed by atoms with E-state index in [1.54, 1.807) is 7.11 Å². The Morgan fingerprint density at radius 1 is 0.969 bits per heavy atom. The summed E-state index contributed by atoms with van der Waals surface area (Å²) in [7, 11) is 1.64. The smallest absolute Gasteiger partial charge is 0.258 e. The number of rotatable bonds is 8. The Morgan fingerprint density at radius 3 is 2.47 bits per heavy atom. The van der Waals surface area contributed by atoms with Crippen LogP contribution in [0.4, 0.5) is 5.69 Å². The molecule has 1 heterocycles. The van der Waals surface area contributed by atoms with Gasteiger partial charge in [-0.05, 0) is 47.7 Å². The van der Waals surface area contributed by atoms with Gasteiger partial charge in [-0.25, -0.2) is 0 Å². The van der Waals surface area contributed by atoms with E-state index in [-0.39, 0.29) is 12.1 Å². The summed E-state index contributed by atoms with van der Waals surface area (Å²) in [5, 5.41) is 3.55. The van der Waals surface area contributed by atoms with Crippen LogP contribution in [-0.4, -0.2) is 24.5 Å². The van der Waals surface area contributed by atoms with Gasteiger partial charge in [-0.15, -0.1) is 0 Å². The van der Waals surface area contributed by atoms with Crippen molar-refractivity contribution in [2.45, 2.75) is 33.0 Å². The summed E-state index contributed by atoms with van der Waals surface area (Å²) in [6.45, 7) is 5.49. The summed E-state index contributed by atoms with van der Waals surface area (Å²) >= 11 is 0. The minimum absolute atomic E-state index is 0.00410. The summed E-state index contributed by atoms with van der Waals surface area (Å²) < 4.78 is 11.6. The Balaban J connectivity index is 1.66. The van der Waals surface area contributed by atoms with E-state index in [0.717, 1.165) is 23.2 Å². The van der Waals surface area contributed by atoms with Gasteiger partial charge in [0.1, 0.15) is 6.17 Å². The van der Waals surface area contributed by atoms with Crippen LogP contribution in [0.5, 0.6) is 11.5 Å². The highest BCUT2D eigenvalue weighted by Crippen LogP contribution is 2.37. The molecule has 3 aromatic rings. The molecular formula is C27H30N2O3. The number of nitrogens with zero attached hydrogens (tertiary/aromatic N) is 1. The molecule has 166 valence electrons. The summed E-state index contributed by atoms with van der Waals surface area (Å²) in [4.78, 5) is 15.3. The SMILES string of the molecule is COc1cc(C2Nc3ccccc3C(=O)N2Cc2ccccc2)ccc1OCCC(C)C. The Labute approximate surface area is 190 Å². The number of para-hydroxylation sites is 1. The van der Waals surface area contributed by atoms with Gasteiger partial charge >= 0.3 is 0 Å². The van der Waals surface area contributed by atoms with Gasteiger partial charge in [0.2, 0.25) is 0 Å². The zero-order chi connectivity index (χ0) is 22.5. The maximum atomic E-state index is 13.5. The lowest BCUT2D eigenvalue weighted by molar-refractivity contribution is 0.0666. The molecule has 1 aliphatic heterocycles. The number of amides is 1. The summed E-state index contributed by atoms with van der Waals surface area (Å²) in [6, 6.07) is 23.6.